The second kappa shape index (κ2) is 28.6. The van der Waals surface area contributed by atoms with Crippen molar-refractivity contribution in [3.05, 3.63) is 0 Å². The van der Waals surface area contributed by atoms with E-state index in [4.69, 9.17) is 14.2 Å². The maximum Gasteiger partial charge on any atom is 0.0704 e. The molecular weight excluding hydrogens is 424 g/mol. The van der Waals surface area contributed by atoms with Gasteiger partial charge in [-0.25, -0.2) is 0 Å². The molecule has 0 aliphatic carbocycles. The molecule has 3 nitrogen and oxygen atoms in total. The normalized spacial score (nSPS) is 12.5. The zero-order chi connectivity index (χ0) is 22.7. The van der Waals surface area contributed by atoms with Crippen LogP contribution in [0, 0.1) is 0 Å². The molecule has 1 atom stereocenters. The Balaban J connectivity index is 3.57. The van der Waals surface area contributed by atoms with Crippen LogP contribution in [0.2, 0.25) is 0 Å². The van der Waals surface area contributed by atoms with Crippen molar-refractivity contribution in [2.45, 2.75) is 110 Å². The van der Waals surface area contributed by atoms with Crippen LogP contribution in [-0.2, 0) is 14.2 Å². The Hall–Kier alpha value is 0.580. The highest BCUT2D eigenvalue weighted by Crippen LogP contribution is 2.16. The highest BCUT2D eigenvalue weighted by Gasteiger charge is 2.09. The van der Waals surface area contributed by atoms with Crippen molar-refractivity contribution in [1.82, 2.24) is 0 Å². The van der Waals surface area contributed by atoms with E-state index in [9.17, 15) is 0 Å². The third-order valence-electron chi connectivity index (χ3n) is 5.29. The molecular formula is C26H54O3S2. The van der Waals surface area contributed by atoms with Crippen LogP contribution in [0.5, 0.6) is 0 Å². The highest BCUT2D eigenvalue weighted by atomic mass is 32.2. The fraction of sp³-hybridized carbons (Fsp3) is 1.00. The van der Waals surface area contributed by atoms with E-state index in [0.717, 1.165) is 18.1 Å². The molecule has 0 saturated heterocycles. The SMILES string of the molecule is CCCCCCSCCOCCOCCOC(CCCCCC)CSCCCCCC. The summed E-state index contributed by atoms with van der Waals surface area (Å²) in [5.41, 5.74) is 0. The predicted octanol–water partition coefficient (Wildman–Crippen LogP) is 8.00. The third kappa shape index (κ3) is 26.7. The van der Waals surface area contributed by atoms with Crippen LogP contribution < -0.4 is 0 Å². The van der Waals surface area contributed by atoms with Crippen molar-refractivity contribution in [3.8, 4) is 0 Å². The zero-order valence-corrected chi connectivity index (χ0v) is 22.8. The van der Waals surface area contributed by atoms with Gasteiger partial charge in [-0.05, 0) is 30.8 Å². The van der Waals surface area contributed by atoms with Crippen molar-refractivity contribution in [2.75, 3.05) is 56.0 Å². The molecule has 0 rings (SSSR count). The highest BCUT2D eigenvalue weighted by molar-refractivity contribution is 7.99. The van der Waals surface area contributed by atoms with Crippen LogP contribution >= 0.6 is 23.5 Å². The maximum absolute atomic E-state index is 6.16. The van der Waals surface area contributed by atoms with Gasteiger partial charge in [-0.15, -0.1) is 0 Å². The summed E-state index contributed by atoms with van der Waals surface area (Å²) in [4.78, 5) is 0. The molecule has 0 amide bonds. The van der Waals surface area contributed by atoms with Gasteiger partial charge in [0.1, 0.15) is 0 Å². The molecule has 0 heterocycles. The number of unbranched alkanes of at least 4 members (excludes halogenated alkanes) is 9. The summed E-state index contributed by atoms with van der Waals surface area (Å²) < 4.78 is 17.5. The zero-order valence-electron chi connectivity index (χ0n) is 21.2. The number of hydrogen-bond donors (Lipinski definition) is 0. The van der Waals surface area contributed by atoms with E-state index in [1.165, 1.54) is 95.0 Å². The smallest absolute Gasteiger partial charge is 0.0704 e. The van der Waals surface area contributed by atoms with Crippen LogP contribution in [0.3, 0.4) is 0 Å². The Morgan fingerprint density at radius 3 is 1.71 bits per heavy atom. The largest absolute Gasteiger partial charge is 0.378 e. The van der Waals surface area contributed by atoms with Crippen LogP contribution in [0.15, 0.2) is 0 Å². The van der Waals surface area contributed by atoms with Crippen molar-refractivity contribution in [2.24, 2.45) is 0 Å². The summed E-state index contributed by atoms with van der Waals surface area (Å²) in [5, 5.41) is 0. The number of ether oxygens (including phenoxy) is 3. The van der Waals surface area contributed by atoms with Gasteiger partial charge >= 0.3 is 0 Å². The standard InChI is InChI=1S/C26H54O3S2/c1-4-7-10-13-16-26(25-31-23-15-12-9-6-3)29-20-19-27-17-18-28-21-24-30-22-14-11-8-5-2/h26H,4-25H2,1-3H3. The molecule has 188 valence electrons. The van der Waals surface area contributed by atoms with Gasteiger partial charge in [0.15, 0.2) is 0 Å². The van der Waals surface area contributed by atoms with Gasteiger partial charge in [0.05, 0.1) is 39.1 Å². The molecule has 1 unspecified atom stereocenters. The number of hydrogen-bond acceptors (Lipinski definition) is 5. The van der Waals surface area contributed by atoms with Gasteiger partial charge in [0, 0.05) is 11.5 Å². The average Bonchev–Trinajstić information content (AvgIpc) is 2.78. The lowest BCUT2D eigenvalue weighted by Crippen LogP contribution is -2.20. The number of rotatable bonds is 27. The van der Waals surface area contributed by atoms with Crippen LogP contribution in [0.25, 0.3) is 0 Å². The van der Waals surface area contributed by atoms with Gasteiger partial charge in [-0.3, -0.25) is 0 Å². The van der Waals surface area contributed by atoms with E-state index >= 15 is 0 Å². The average molecular weight is 479 g/mol. The third-order valence-corrected chi connectivity index (χ3v) is 7.51. The van der Waals surface area contributed by atoms with E-state index < -0.39 is 0 Å². The molecule has 0 spiro atoms. The first kappa shape index (κ1) is 31.6. The van der Waals surface area contributed by atoms with Crippen molar-refractivity contribution < 1.29 is 14.2 Å². The first-order chi connectivity index (χ1) is 15.3. The summed E-state index contributed by atoms with van der Waals surface area (Å²) >= 11 is 4.09. The summed E-state index contributed by atoms with van der Waals surface area (Å²) in [6.45, 7) is 10.4. The number of thioether (sulfide) groups is 2. The molecule has 0 radical (unpaired) electrons. The fourth-order valence-corrected chi connectivity index (χ4v) is 5.25. The fourth-order valence-electron chi connectivity index (χ4n) is 3.31. The van der Waals surface area contributed by atoms with E-state index in [2.05, 4.69) is 32.5 Å². The van der Waals surface area contributed by atoms with Gasteiger partial charge in [0.25, 0.3) is 0 Å². The molecule has 31 heavy (non-hydrogen) atoms. The van der Waals surface area contributed by atoms with Crippen molar-refractivity contribution >= 4 is 23.5 Å². The Bertz CT molecular complexity index is 319. The minimum absolute atomic E-state index is 0.391. The van der Waals surface area contributed by atoms with Crippen LogP contribution in [0.1, 0.15) is 104 Å². The molecule has 0 fully saturated rings. The summed E-state index contributed by atoms with van der Waals surface area (Å²) in [6.07, 6.45) is 17.7. The second-order valence-corrected chi connectivity index (χ2v) is 10.8. The van der Waals surface area contributed by atoms with Crippen LogP contribution in [0.4, 0.5) is 0 Å². The molecule has 0 aliphatic heterocycles. The van der Waals surface area contributed by atoms with Gasteiger partial charge in [-0.1, -0.05) is 85.0 Å². The summed E-state index contributed by atoms with van der Waals surface area (Å²) in [6, 6.07) is 0. The van der Waals surface area contributed by atoms with Crippen LogP contribution in [-0.4, -0.2) is 62.1 Å². The quantitative estimate of drug-likeness (QED) is 0.111. The van der Waals surface area contributed by atoms with Gasteiger partial charge in [-0.2, -0.15) is 23.5 Å². The molecule has 5 heteroatoms. The van der Waals surface area contributed by atoms with E-state index in [1.807, 2.05) is 11.8 Å². The topological polar surface area (TPSA) is 27.7 Å². The summed E-state index contributed by atoms with van der Waals surface area (Å²) in [5.74, 6) is 4.79. The van der Waals surface area contributed by atoms with Crippen molar-refractivity contribution in [3.63, 3.8) is 0 Å². The lowest BCUT2D eigenvalue weighted by atomic mass is 10.1. The second-order valence-electron chi connectivity index (χ2n) is 8.38. The Labute approximate surface area is 203 Å². The van der Waals surface area contributed by atoms with E-state index in [-0.39, 0.29) is 0 Å². The van der Waals surface area contributed by atoms with Gasteiger partial charge < -0.3 is 14.2 Å². The monoisotopic (exact) mass is 478 g/mol. The first-order valence-corrected chi connectivity index (χ1v) is 15.6. The minimum Gasteiger partial charge on any atom is -0.378 e. The molecule has 0 bridgehead atoms. The molecule has 0 saturated carbocycles. The van der Waals surface area contributed by atoms with Crippen molar-refractivity contribution in [1.29, 1.82) is 0 Å². The first-order valence-electron chi connectivity index (χ1n) is 13.3. The van der Waals surface area contributed by atoms with Gasteiger partial charge in [0.2, 0.25) is 0 Å². The summed E-state index contributed by atoms with van der Waals surface area (Å²) in [7, 11) is 0. The minimum atomic E-state index is 0.391. The predicted molar refractivity (Wildman–Crippen MR) is 143 cm³/mol. The van der Waals surface area contributed by atoms with E-state index in [0.29, 0.717) is 32.5 Å². The van der Waals surface area contributed by atoms with E-state index in [1.54, 1.807) is 0 Å². The lowest BCUT2D eigenvalue weighted by Gasteiger charge is -2.18. The maximum atomic E-state index is 6.16. The molecule has 0 aromatic rings. The lowest BCUT2D eigenvalue weighted by molar-refractivity contribution is -0.00581. The Morgan fingerprint density at radius 1 is 0.516 bits per heavy atom. The Kier molecular flexibility index (Phi) is 29.1. The molecule has 0 aliphatic rings. The Morgan fingerprint density at radius 2 is 1.06 bits per heavy atom. The molecule has 0 aromatic heterocycles. The molecule has 0 aromatic carbocycles. The molecule has 0 N–H and O–H groups in total.